The summed E-state index contributed by atoms with van der Waals surface area (Å²) in [4.78, 5) is 21.6. The molecular formula is C14H18N4OS. The van der Waals surface area contributed by atoms with E-state index >= 15 is 0 Å². The zero-order valence-electron chi connectivity index (χ0n) is 11.9. The molecule has 6 heteroatoms. The van der Waals surface area contributed by atoms with Crippen molar-refractivity contribution in [1.29, 1.82) is 0 Å². The molecule has 0 fully saturated rings. The zero-order chi connectivity index (χ0) is 14.5. The van der Waals surface area contributed by atoms with Gasteiger partial charge in [0, 0.05) is 11.4 Å². The maximum absolute atomic E-state index is 12.0. The average molecular weight is 290 g/mol. The van der Waals surface area contributed by atoms with Crippen molar-refractivity contribution in [3.05, 3.63) is 34.6 Å². The first-order valence-corrected chi connectivity index (χ1v) is 7.37. The van der Waals surface area contributed by atoms with Gasteiger partial charge in [0.1, 0.15) is 5.69 Å². The lowest BCUT2D eigenvalue weighted by atomic mass is 10.3. The van der Waals surface area contributed by atoms with E-state index in [0.29, 0.717) is 10.8 Å². The fraction of sp³-hybridized carbons (Fsp3) is 0.357. The highest BCUT2D eigenvalue weighted by Crippen LogP contribution is 2.21. The van der Waals surface area contributed by atoms with Crippen molar-refractivity contribution in [2.24, 2.45) is 0 Å². The molecule has 0 aliphatic carbocycles. The van der Waals surface area contributed by atoms with Gasteiger partial charge in [-0.05, 0) is 32.4 Å². The van der Waals surface area contributed by atoms with Crippen molar-refractivity contribution < 1.29 is 4.79 Å². The van der Waals surface area contributed by atoms with E-state index < -0.39 is 0 Å². The van der Waals surface area contributed by atoms with E-state index in [1.165, 1.54) is 11.3 Å². The number of aromatic nitrogens is 2. The number of carbonyl (C=O) groups excluding carboxylic acids is 1. The molecular weight excluding hydrogens is 272 g/mol. The smallest absolute Gasteiger partial charge is 0.276 e. The number of amides is 1. The third-order valence-electron chi connectivity index (χ3n) is 2.82. The predicted molar refractivity (Wildman–Crippen MR) is 82.6 cm³/mol. The van der Waals surface area contributed by atoms with Crippen LogP contribution in [0.1, 0.15) is 34.4 Å². The largest absolute Gasteiger partial charge is 0.384 e. The van der Waals surface area contributed by atoms with Crippen LogP contribution in [-0.2, 0) is 0 Å². The van der Waals surface area contributed by atoms with Gasteiger partial charge in [0.2, 0.25) is 0 Å². The Morgan fingerprint density at radius 2 is 2.15 bits per heavy atom. The van der Waals surface area contributed by atoms with E-state index in [4.69, 9.17) is 0 Å². The van der Waals surface area contributed by atoms with E-state index in [2.05, 4.69) is 27.5 Å². The Hall–Kier alpha value is -1.95. The van der Waals surface area contributed by atoms with Crippen LogP contribution in [0.15, 0.2) is 18.3 Å². The molecule has 2 aromatic heterocycles. The Morgan fingerprint density at radius 1 is 1.35 bits per heavy atom. The number of carbonyl (C=O) groups is 1. The van der Waals surface area contributed by atoms with Gasteiger partial charge in [0.25, 0.3) is 5.91 Å². The van der Waals surface area contributed by atoms with E-state index in [0.717, 1.165) is 29.2 Å². The first kappa shape index (κ1) is 14.5. The van der Waals surface area contributed by atoms with Crippen molar-refractivity contribution in [2.75, 3.05) is 17.2 Å². The highest BCUT2D eigenvalue weighted by Gasteiger charge is 2.11. The summed E-state index contributed by atoms with van der Waals surface area (Å²) >= 11 is 1.47. The lowest BCUT2D eigenvalue weighted by molar-refractivity contribution is 0.102. The molecule has 106 valence electrons. The Kier molecular flexibility index (Phi) is 4.68. The van der Waals surface area contributed by atoms with Crippen LogP contribution in [0.25, 0.3) is 0 Å². The molecule has 0 spiro atoms. The highest BCUT2D eigenvalue weighted by molar-refractivity contribution is 7.15. The fourth-order valence-electron chi connectivity index (χ4n) is 1.59. The van der Waals surface area contributed by atoms with Crippen molar-refractivity contribution in [2.45, 2.75) is 27.2 Å². The molecule has 5 nitrogen and oxygen atoms in total. The summed E-state index contributed by atoms with van der Waals surface area (Å²) in [5, 5.41) is 6.60. The summed E-state index contributed by atoms with van der Waals surface area (Å²) in [5.74, 6) is -0.235. The minimum Gasteiger partial charge on any atom is -0.384 e. The van der Waals surface area contributed by atoms with Gasteiger partial charge in [0.15, 0.2) is 5.13 Å². The van der Waals surface area contributed by atoms with Crippen molar-refractivity contribution in [3.63, 3.8) is 0 Å². The molecule has 0 bridgehead atoms. The monoisotopic (exact) mass is 290 g/mol. The molecule has 2 aromatic rings. The van der Waals surface area contributed by atoms with Gasteiger partial charge in [-0.25, -0.2) is 9.97 Å². The van der Waals surface area contributed by atoms with Crippen LogP contribution in [-0.4, -0.2) is 22.4 Å². The average Bonchev–Trinajstić information content (AvgIpc) is 2.75. The van der Waals surface area contributed by atoms with E-state index in [9.17, 15) is 4.79 Å². The summed E-state index contributed by atoms with van der Waals surface area (Å²) in [5.41, 5.74) is 2.25. The molecule has 0 atom stereocenters. The number of thiazole rings is 1. The number of pyridine rings is 1. The number of nitrogens with zero attached hydrogens (tertiary/aromatic N) is 2. The second kappa shape index (κ2) is 6.47. The number of anilines is 2. The Balaban J connectivity index is 2.01. The topological polar surface area (TPSA) is 66.9 Å². The predicted octanol–water partition coefficient (Wildman–Crippen LogP) is 3.23. The summed E-state index contributed by atoms with van der Waals surface area (Å²) in [7, 11) is 0. The minimum atomic E-state index is -0.235. The van der Waals surface area contributed by atoms with Crippen LogP contribution in [0.4, 0.5) is 10.8 Å². The minimum absolute atomic E-state index is 0.235. The van der Waals surface area contributed by atoms with Crippen molar-refractivity contribution >= 4 is 28.1 Å². The third kappa shape index (κ3) is 3.54. The Morgan fingerprint density at radius 3 is 2.70 bits per heavy atom. The molecule has 0 radical (unpaired) electrons. The summed E-state index contributed by atoms with van der Waals surface area (Å²) in [6.45, 7) is 6.90. The van der Waals surface area contributed by atoms with Crippen LogP contribution in [0, 0.1) is 13.8 Å². The maximum Gasteiger partial charge on any atom is 0.276 e. The second-order valence-corrected chi connectivity index (χ2v) is 5.68. The summed E-state index contributed by atoms with van der Waals surface area (Å²) in [6.07, 6.45) is 2.72. The van der Waals surface area contributed by atoms with Gasteiger partial charge < -0.3 is 5.32 Å². The third-order valence-corrected chi connectivity index (χ3v) is 3.81. The van der Waals surface area contributed by atoms with E-state index in [1.807, 2.05) is 19.9 Å². The molecule has 20 heavy (non-hydrogen) atoms. The van der Waals surface area contributed by atoms with Crippen LogP contribution < -0.4 is 10.6 Å². The number of hydrogen-bond donors (Lipinski definition) is 2. The molecule has 0 aliphatic heterocycles. The van der Waals surface area contributed by atoms with Gasteiger partial charge in [0.05, 0.1) is 17.6 Å². The molecule has 2 heterocycles. The SMILES string of the molecule is CCCNc1ccc(C(=O)Nc2nc(C)c(C)s2)nc1. The normalized spacial score (nSPS) is 10.3. The van der Waals surface area contributed by atoms with Crippen molar-refractivity contribution in [3.8, 4) is 0 Å². The molecule has 0 aliphatic rings. The number of nitrogens with one attached hydrogen (secondary N) is 2. The van der Waals surface area contributed by atoms with Crippen LogP contribution in [0.3, 0.4) is 0 Å². The van der Waals surface area contributed by atoms with Gasteiger partial charge in [-0.15, -0.1) is 11.3 Å². The van der Waals surface area contributed by atoms with E-state index in [-0.39, 0.29) is 5.91 Å². The maximum atomic E-state index is 12.0. The second-order valence-electron chi connectivity index (χ2n) is 4.47. The molecule has 2 rings (SSSR count). The molecule has 1 amide bonds. The number of aryl methyl sites for hydroxylation is 2. The van der Waals surface area contributed by atoms with Crippen LogP contribution in [0.2, 0.25) is 0 Å². The first-order chi connectivity index (χ1) is 9.60. The Bertz CT molecular complexity index is 572. The van der Waals surface area contributed by atoms with E-state index in [1.54, 1.807) is 12.3 Å². The number of rotatable bonds is 5. The molecule has 2 N–H and O–H groups in total. The molecule has 0 saturated carbocycles. The Labute approximate surface area is 122 Å². The van der Waals surface area contributed by atoms with Crippen LogP contribution in [0.5, 0.6) is 0 Å². The zero-order valence-corrected chi connectivity index (χ0v) is 12.7. The molecule has 0 unspecified atom stereocenters. The van der Waals surface area contributed by atoms with Gasteiger partial charge >= 0.3 is 0 Å². The van der Waals surface area contributed by atoms with Crippen LogP contribution >= 0.6 is 11.3 Å². The standard InChI is InChI=1S/C14H18N4OS/c1-4-7-15-11-5-6-12(16-8-11)13(19)18-14-17-9(2)10(3)20-14/h5-6,8,15H,4,7H2,1-3H3,(H,17,18,19). The quantitative estimate of drug-likeness (QED) is 0.887. The molecule has 0 aromatic carbocycles. The summed E-state index contributed by atoms with van der Waals surface area (Å²) < 4.78 is 0. The summed E-state index contributed by atoms with van der Waals surface area (Å²) in [6, 6.07) is 3.57. The first-order valence-electron chi connectivity index (χ1n) is 6.55. The molecule has 0 saturated heterocycles. The van der Waals surface area contributed by atoms with Gasteiger partial charge in [-0.1, -0.05) is 6.92 Å². The van der Waals surface area contributed by atoms with Gasteiger partial charge in [-0.3, -0.25) is 10.1 Å². The number of hydrogen-bond acceptors (Lipinski definition) is 5. The highest BCUT2D eigenvalue weighted by atomic mass is 32.1. The fourth-order valence-corrected chi connectivity index (χ4v) is 2.40. The lowest BCUT2D eigenvalue weighted by Gasteiger charge is -2.05. The van der Waals surface area contributed by atoms with Crippen molar-refractivity contribution in [1.82, 2.24) is 9.97 Å². The lowest BCUT2D eigenvalue weighted by Crippen LogP contribution is -2.13. The van der Waals surface area contributed by atoms with Gasteiger partial charge in [-0.2, -0.15) is 0 Å².